The molecule has 0 bridgehead atoms. The third-order valence-electron chi connectivity index (χ3n) is 2.11. The first-order chi connectivity index (χ1) is 7.92. The Morgan fingerprint density at radius 3 is 1.71 bits per heavy atom. The molecule has 0 aliphatic heterocycles. The van der Waals surface area contributed by atoms with Gasteiger partial charge in [0.05, 0.1) is 5.75 Å². The van der Waals surface area contributed by atoms with Gasteiger partial charge in [0.25, 0.3) is 0 Å². The van der Waals surface area contributed by atoms with E-state index in [0.29, 0.717) is 0 Å². The van der Waals surface area contributed by atoms with Gasteiger partial charge in [-0.2, -0.15) is 0 Å². The first kappa shape index (κ1) is 15.7. The minimum Gasteiger partial charge on any atom is -0.229 e. The van der Waals surface area contributed by atoms with Crippen molar-refractivity contribution in [1.82, 2.24) is 0 Å². The van der Waals surface area contributed by atoms with E-state index in [1.54, 1.807) is 0 Å². The number of rotatable bonds is 3. The number of hydrogen-bond acceptors (Lipinski definition) is 2. The summed E-state index contributed by atoms with van der Waals surface area (Å²) in [5, 5.41) is 0. The maximum Gasteiger partial charge on any atom is 0.151 e. The van der Waals surface area contributed by atoms with Crippen LogP contribution < -0.4 is 0 Å². The highest BCUT2D eigenvalue weighted by molar-refractivity contribution is 7.89. The highest BCUT2D eigenvalue weighted by Gasteiger charge is 2.03. The van der Waals surface area contributed by atoms with Crippen molar-refractivity contribution < 1.29 is 8.42 Å². The zero-order chi connectivity index (χ0) is 13.3. The van der Waals surface area contributed by atoms with Gasteiger partial charge in [0.15, 0.2) is 9.84 Å². The molecule has 1 aromatic carbocycles. The summed E-state index contributed by atoms with van der Waals surface area (Å²) in [7, 11) is -2.90. The molecular weight excluding hydrogens is 232 g/mol. The zero-order valence-corrected chi connectivity index (χ0v) is 11.8. The van der Waals surface area contributed by atoms with Gasteiger partial charge < -0.3 is 0 Å². The summed E-state index contributed by atoms with van der Waals surface area (Å²) < 4.78 is 21.9. The Morgan fingerprint density at radius 2 is 1.41 bits per heavy atom. The topological polar surface area (TPSA) is 34.1 Å². The highest BCUT2D eigenvalue weighted by atomic mass is 32.2. The lowest BCUT2D eigenvalue weighted by molar-refractivity contribution is 0.601. The molecule has 3 heteroatoms. The quantitative estimate of drug-likeness (QED) is 0.775. The molecule has 0 aliphatic rings. The van der Waals surface area contributed by atoms with Crippen molar-refractivity contribution in [1.29, 1.82) is 0 Å². The van der Waals surface area contributed by atoms with Gasteiger partial charge in [0.2, 0.25) is 0 Å². The van der Waals surface area contributed by atoms with Crippen LogP contribution >= 0.6 is 0 Å². The molecule has 0 aliphatic carbocycles. The molecular formula is C14H20O2S. The van der Waals surface area contributed by atoms with E-state index in [2.05, 4.69) is 18.8 Å². The molecule has 1 rings (SSSR count). The van der Waals surface area contributed by atoms with E-state index in [0.717, 1.165) is 12.0 Å². The Labute approximate surface area is 105 Å². The summed E-state index contributed by atoms with van der Waals surface area (Å²) in [5.41, 5.74) is 2.09. The normalized spacial score (nSPS) is 9.65. The average molecular weight is 252 g/mol. The minimum atomic E-state index is -2.90. The van der Waals surface area contributed by atoms with E-state index in [4.69, 9.17) is 0 Å². The number of sulfone groups is 1. The fourth-order valence-electron chi connectivity index (χ4n) is 1.17. The first-order valence-corrected chi connectivity index (χ1v) is 7.58. The van der Waals surface area contributed by atoms with Crippen molar-refractivity contribution in [2.75, 3.05) is 6.26 Å². The fourth-order valence-corrected chi connectivity index (χ4v) is 1.97. The summed E-state index contributed by atoms with van der Waals surface area (Å²) in [5.74, 6) is 5.50. The summed E-state index contributed by atoms with van der Waals surface area (Å²) in [6.45, 7) is 5.71. The molecule has 0 amide bonds. The monoisotopic (exact) mass is 252 g/mol. The van der Waals surface area contributed by atoms with Crippen LogP contribution in [0.3, 0.4) is 0 Å². The van der Waals surface area contributed by atoms with Gasteiger partial charge in [-0.05, 0) is 31.4 Å². The molecule has 17 heavy (non-hydrogen) atoms. The maximum absolute atomic E-state index is 11.0. The summed E-state index contributed by atoms with van der Waals surface area (Å²) >= 11 is 0. The predicted molar refractivity (Wildman–Crippen MR) is 73.5 cm³/mol. The lowest BCUT2D eigenvalue weighted by atomic mass is 10.1. The average Bonchev–Trinajstić information content (AvgIpc) is 2.28. The second-order valence-corrected chi connectivity index (χ2v) is 5.88. The summed E-state index contributed by atoms with van der Waals surface area (Å²) in [6, 6.07) is 7.70. The molecule has 0 saturated carbocycles. The Balaban J connectivity index is 0.000000557. The van der Waals surface area contributed by atoms with Crippen LogP contribution in [0.4, 0.5) is 0 Å². The Hall–Kier alpha value is -1.27. The van der Waals surface area contributed by atoms with Gasteiger partial charge in [0, 0.05) is 6.26 Å². The molecule has 0 aromatic heterocycles. The molecule has 2 nitrogen and oxygen atoms in total. The van der Waals surface area contributed by atoms with Crippen LogP contribution in [0.2, 0.25) is 0 Å². The number of benzene rings is 1. The van der Waals surface area contributed by atoms with Gasteiger partial charge in [0.1, 0.15) is 0 Å². The zero-order valence-electron chi connectivity index (χ0n) is 10.9. The molecule has 0 spiro atoms. The Bertz CT molecular complexity index is 467. The van der Waals surface area contributed by atoms with E-state index in [9.17, 15) is 8.42 Å². The predicted octanol–water partition coefficient (Wildman–Crippen LogP) is 2.82. The van der Waals surface area contributed by atoms with Crippen LogP contribution in [-0.2, 0) is 22.0 Å². The van der Waals surface area contributed by atoms with Gasteiger partial charge in [-0.15, -0.1) is 11.8 Å². The Morgan fingerprint density at radius 1 is 1.00 bits per heavy atom. The van der Waals surface area contributed by atoms with Gasteiger partial charge in [-0.3, -0.25) is 0 Å². The molecule has 94 valence electrons. The molecule has 0 N–H and O–H groups in total. The van der Waals surface area contributed by atoms with Crippen LogP contribution in [0.15, 0.2) is 24.3 Å². The molecule has 1 aromatic rings. The highest BCUT2D eigenvalue weighted by Crippen LogP contribution is 2.07. The summed E-state index contributed by atoms with van der Waals surface area (Å²) in [4.78, 5) is 0. The van der Waals surface area contributed by atoms with Crippen LogP contribution in [0.5, 0.6) is 0 Å². The van der Waals surface area contributed by atoms with Crippen molar-refractivity contribution >= 4 is 9.84 Å². The van der Waals surface area contributed by atoms with Crippen LogP contribution in [0.25, 0.3) is 0 Å². The molecule has 0 fully saturated rings. The van der Waals surface area contributed by atoms with E-state index in [1.807, 2.05) is 38.1 Å². The smallest absolute Gasteiger partial charge is 0.151 e. The van der Waals surface area contributed by atoms with Crippen LogP contribution in [-0.4, -0.2) is 14.7 Å². The van der Waals surface area contributed by atoms with E-state index in [-0.39, 0.29) is 5.75 Å². The van der Waals surface area contributed by atoms with Gasteiger partial charge in [-0.1, -0.05) is 31.2 Å². The van der Waals surface area contributed by atoms with Crippen molar-refractivity contribution in [3.05, 3.63) is 35.4 Å². The third-order valence-corrected chi connectivity index (χ3v) is 2.97. The molecule has 0 radical (unpaired) electrons. The van der Waals surface area contributed by atoms with E-state index >= 15 is 0 Å². The van der Waals surface area contributed by atoms with Crippen molar-refractivity contribution in [2.24, 2.45) is 0 Å². The lowest BCUT2D eigenvalue weighted by Gasteiger charge is -2.00. The molecule has 0 atom stereocenters. The standard InChI is InChI=1S/C10H14O2S.C4H6/c1-3-9-4-6-10(7-5-9)8-13(2,11)12;1-3-4-2/h4-7H,3,8H2,1-2H3;1-2H3. The van der Waals surface area contributed by atoms with Crippen molar-refractivity contribution in [3.63, 3.8) is 0 Å². The third kappa shape index (κ3) is 8.53. The van der Waals surface area contributed by atoms with E-state index in [1.165, 1.54) is 11.8 Å². The summed E-state index contributed by atoms with van der Waals surface area (Å²) in [6.07, 6.45) is 2.24. The SMILES string of the molecule is CC#CC.CCc1ccc(CS(C)(=O)=O)cc1. The number of aryl methyl sites for hydroxylation is 1. The minimum absolute atomic E-state index is 0.136. The number of hydrogen-bond donors (Lipinski definition) is 0. The molecule has 0 unspecified atom stereocenters. The largest absolute Gasteiger partial charge is 0.229 e. The molecule has 0 heterocycles. The van der Waals surface area contributed by atoms with Gasteiger partial charge >= 0.3 is 0 Å². The lowest BCUT2D eigenvalue weighted by Crippen LogP contribution is -2.00. The van der Waals surface area contributed by atoms with E-state index < -0.39 is 9.84 Å². The van der Waals surface area contributed by atoms with Crippen LogP contribution in [0.1, 0.15) is 31.9 Å². The fraction of sp³-hybridized carbons (Fsp3) is 0.429. The van der Waals surface area contributed by atoms with Gasteiger partial charge in [-0.25, -0.2) is 8.42 Å². The Kier molecular flexibility index (Phi) is 7.32. The maximum atomic E-state index is 11.0. The molecule has 0 saturated heterocycles. The second kappa shape index (κ2) is 7.92. The van der Waals surface area contributed by atoms with Crippen molar-refractivity contribution in [2.45, 2.75) is 32.9 Å². The van der Waals surface area contributed by atoms with Crippen LogP contribution in [0, 0.1) is 11.8 Å². The second-order valence-electron chi connectivity index (χ2n) is 3.74. The first-order valence-electron chi connectivity index (χ1n) is 5.52. The van der Waals surface area contributed by atoms with Crippen molar-refractivity contribution in [3.8, 4) is 11.8 Å².